The van der Waals surface area contributed by atoms with E-state index in [1.165, 1.54) is 0 Å². The molecule has 0 aliphatic heterocycles. The Hall–Kier alpha value is -2.21. The highest BCUT2D eigenvalue weighted by Crippen LogP contribution is 2.09. The van der Waals surface area contributed by atoms with Gasteiger partial charge in [0.2, 0.25) is 5.91 Å². The van der Waals surface area contributed by atoms with Crippen molar-refractivity contribution in [3.63, 3.8) is 0 Å². The van der Waals surface area contributed by atoms with Crippen LogP contribution in [0.1, 0.15) is 26.6 Å². The van der Waals surface area contributed by atoms with Crippen LogP contribution in [0, 0.1) is 0 Å². The van der Waals surface area contributed by atoms with Gasteiger partial charge in [0, 0.05) is 12.6 Å². The third kappa shape index (κ3) is 3.71. The number of H-pyrrole nitrogens is 1. The number of nitrogens with one attached hydrogen (secondary N) is 1. The minimum atomic E-state index is -0.193. The molecule has 0 spiro atoms. The van der Waals surface area contributed by atoms with Crippen LogP contribution in [0.15, 0.2) is 29.1 Å². The van der Waals surface area contributed by atoms with Crippen molar-refractivity contribution in [2.45, 2.75) is 33.4 Å². The zero-order valence-electron chi connectivity index (χ0n) is 13.1. The van der Waals surface area contributed by atoms with Crippen molar-refractivity contribution in [3.8, 4) is 0 Å². The molecule has 0 saturated heterocycles. The second-order valence-electron chi connectivity index (χ2n) is 5.28. The van der Waals surface area contributed by atoms with Crippen molar-refractivity contribution in [2.24, 2.45) is 0 Å². The maximum atomic E-state index is 12.2. The summed E-state index contributed by atoms with van der Waals surface area (Å²) < 4.78 is 5.17. The summed E-state index contributed by atoms with van der Waals surface area (Å²) in [5, 5.41) is 0.544. The number of amides is 1. The van der Waals surface area contributed by atoms with E-state index in [2.05, 4.69) is 9.97 Å². The van der Waals surface area contributed by atoms with Crippen LogP contribution < -0.4 is 5.56 Å². The molecule has 0 aliphatic rings. The van der Waals surface area contributed by atoms with Gasteiger partial charge in [0.25, 0.3) is 5.56 Å². The minimum Gasteiger partial charge on any atom is -0.372 e. The number of carbonyl (C=O) groups excluding carboxylic acids is 1. The molecule has 0 bridgehead atoms. The Labute approximate surface area is 129 Å². The van der Waals surface area contributed by atoms with Gasteiger partial charge in [-0.25, -0.2) is 4.98 Å². The highest BCUT2D eigenvalue weighted by Gasteiger charge is 2.18. The molecule has 0 saturated carbocycles. The van der Waals surface area contributed by atoms with Gasteiger partial charge in [-0.1, -0.05) is 12.1 Å². The largest absolute Gasteiger partial charge is 0.372 e. The Bertz CT molecular complexity index is 709. The third-order valence-electron chi connectivity index (χ3n) is 3.36. The van der Waals surface area contributed by atoms with Crippen LogP contribution in [0.4, 0.5) is 0 Å². The number of carbonyl (C=O) groups is 1. The number of nitrogens with zero attached hydrogens (tertiary/aromatic N) is 2. The Morgan fingerprint density at radius 2 is 2.09 bits per heavy atom. The standard InChI is InChI=1S/C16H21N3O3/c1-4-22-10-15(20)19(11(2)3)9-14-17-13-8-6-5-7-12(13)16(21)18-14/h5-8,11H,4,9-10H2,1-3H3,(H,17,18,21). The molecule has 1 aromatic carbocycles. The zero-order chi connectivity index (χ0) is 16.1. The number of para-hydroxylation sites is 1. The first-order valence-corrected chi connectivity index (χ1v) is 7.38. The number of benzene rings is 1. The molecule has 0 unspecified atom stereocenters. The topological polar surface area (TPSA) is 75.3 Å². The lowest BCUT2D eigenvalue weighted by atomic mass is 10.2. The summed E-state index contributed by atoms with van der Waals surface area (Å²) in [6.07, 6.45) is 0. The van der Waals surface area contributed by atoms with E-state index in [1.54, 1.807) is 23.1 Å². The van der Waals surface area contributed by atoms with Gasteiger partial charge in [-0.15, -0.1) is 0 Å². The highest BCUT2D eigenvalue weighted by atomic mass is 16.5. The Kier molecular flexibility index (Phi) is 5.27. The number of aromatic amines is 1. The third-order valence-corrected chi connectivity index (χ3v) is 3.36. The SMILES string of the molecule is CCOCC(=O)N(Cc1nc2ccccc2c(=O)[nH]1)C(C)C. The van der Waals surface area contributed by atoms with E-state index in [0.717, 1.165) is 0 Å². The van der Waals surface area contributed by atoms with Crippen molar-refractivity contribution < 1.29 is 9.53 Å². The molecule has 2 rings (SSSR count). The molecular weight excluding hydrogens is 282 g/mol. The van der Waals surface area contributed by atoms with Crippen molar-refractivity contribution in [2.75, 3.05) is 13.2 Å². The summed E-state index contributed by atoms with van der Waals surface area (Å²) in [5.41, 5.74) is 0.434. The number of hydrogen-bond donors (Lipinski definition) is 1. The van der Waals surface area contributed by atoms with Crippen LogP contribution >= 0.6 is 0 Å². The maximum absolute atomic E-state index is 12.2. The molecule has 1 N–H and O–H groups in total. The Balaban J connectivity index is 2.26. The lowest BCUT2D eigenvalue weighted by molar-refractivity contribution is -0.138. The predicted octanol–water partition coefficient (Wildman–Crippen LogP) is 1.70. The second kappa shape index (κ2) is 7.17. The number of rotatable bonds is 6. The summed E-state index contributed by atoms with van der Waals surface area (Å²) in [7, 11) is 0. The zero-order valence-corrected chi connectivity index (χ0v) is 13.1. The first-order valence-electron chi connectivity index (χ1n) is 7.38. The second-order valence-corrected chi connectivity index (χ2v) is 5.28. The molecular formula is C16H21N3O3. The van der Waals surface area contributed by atoms with E-state index >= 15 is 0 Å². The maximum Gasteiger partial charge on any atom is 0.258 e. The van der Waals surface area contributed by atoms with Crippen LogP contribution in [-0.2, 0) is 16.1 Å². The Morgan fingerprint density at radius 1 is 1.36 bits per heavy atom. The minimum absolute atomic E-state index is 0.00951. The van der Waals surface area contributed by atoms with E-state index < -0.39 is 0 Å². The smallest absolute Gasteiger partial charge is 0.258 e. The van der Waals surface area contributed by atoms with Gasteiger partial charge in [0.05, 0.1) is 17.4 Å². The molecule has 1 aromatic heterocycles. The van der Waals surface area contributed by atoms with Crippen LogP contribution in [0.5, 0.6) is 0 Å². The van der Waals surface area contributed by atoms with Crippen molar-refractivity contribution in [1.29, 1.82) is 0 Å². The molecule has 22 heavy (non-hydrogen) atoms. The molecule has 6 nitrogen and oxygen atoms in total. The molecule has 0 fully saturated rings. The molecule has 0 atom stereocenters. The fourth-order valence-electron chi connectivity index (χ4n) is 2.20. The van der Waals surface area contributed by atoms with Gasteiger partial charge in [-0.05, 0) is 32.9 Å². The summed E-state index contributed by atoms with van der Waals surface area (Å²) >= 11 is 0. The average Bonchev–Trinajstić information content (AvgIpc) is 2.50. The summed E-state index contributed by atoms with van der Waals surface area (Å²) in [5.74, 6) is 0.356. The van der Waals surface area contributed by atoms with Crippen LogP contribution in [0.2, 0.25) is 0 Å². The fraction of sp³-hybridized carbons (Fsp3) is 0.438. The number of ether oxygens (including phenoxy) is 1. The average molecular weight is 303 g/mol. The van der Waals surface area contributed by atoms with Crippen molar-refractivity contribution in [3.05, 3.63) is 40.4 Å². The monoisotopic (exact) mass is 303 g/mol. The van der Waals surface area contributed by atoms with Crippen molar-refractivity contribution >= 4 is 16.8 Å². The summed E-state index contributed by atoms with van der Waals surface area (Å²) in [4.78, 5) is 33.1. The van der Waals surface area contributed by atoms with Gasteiger partial charge in [-0.3, -0.25) is 9.59 Å². The lowest BCUT2D eigenvalue weighted by Crippen LogP contribution is -2.39. The molecule has 1 heterocycles. The fourth-order valence-corrected chi connectivity index (χ4v) is 2.20. The molecule has 6 heteroatoms. The van der Waals surface area contributed by atoms with E-state index in [4.69, 9.17) is 4.74 Å². The molecule has 0 aliphatic carbocycles. The summed E-state index contributed by atoms with van der Waals surface area (Å²) in [6, 6.07) is 7.13. The quantitative estimate of drug-likeness (QED) is 0.881. The molecule has 118 valence electrons. The Morgan fingerprint density at radius 3 is 2.77 bits per heavy atom. The van der Waals surface area contributed by atoms with E-state index in [-0.39, 0.29) is 30.7 Å². The van der Waals surface area contributed by atoms with E-state index in [1.807, 2.05) is 26.8 Å². The normalized spacial score (nSPS) is 11.1. The van der Waals surface area contributed by atoms with E-state index in [9.17, 15) is 9.59 Å². The van der Waals surface area contributed by atoms with Gasteiger partial charge >= 0.3 is 0 Å². The first-order chi connectivity index (χ1) is 10.5. The molecule has 2 aromatic rings. The van der Waals surface area contributed by atoms with Crippen molar-refractivity contribution in [1.82, 2.24) is 14.9 Å². The van der Waals surface area contributed by atoms with Crippen LogP contribution in [0.3, 0.4) is 0 Å². The van der Waals surface area contributed by atoms with Gasteiger partial charge in [-0.2, -0.15) is 0 Å². The predicted molar refractivity (Wildman–Crippen MR) is 84.5 cm³/mol. The molecule has 0 radical (unpaired) electrons. The number of aromatic nitrogens is 2. The highest BCUT2D eigenvalue weighted by molar-refractivity contribution is 5.78. The summed E-state index contributed by atoms with van der Waals surface area (Å²) in [6.45, 7) is 6.46. The number of fused-ring (bicyclic) bond motifs is 1. The lowest BCUT2D eigenvalue weighted by Gasteiger charge is -2.26. The first kappa shape index (κ1) is 16.2. The van der Waals surface area contributed by atoms with Crippen LogP contribution in [-0.4, -0.2) is 40.0 Å². The molecule has 1 amide bonds. The van der Waals surface area contributed by atoms with Crippen LogP contribution in [0.25, 0.3) is 10.9 Å². The van der Waals surface area contributed by atoms with E-state index in [0.29, 0.717) is 23.3 Å². The van der Waals surface area contributed by atoms with Gasteiger partial charge in [0.15, 0.2) is 0 Å². The van der Waals surface area contributed by atoms with Gasteiger partial charge in [0.1, 0.15) is 12.4 Å². The number of hydrogen-bond acceptors (Lipinski definition) is 4. The van der Waals surface area contributed by atoms with Gasteiger partial charge < -0.3 is 14.6 Å².